The van der Waals surface area contributed by atoms with E-state index in [9.17, 15) is 4.79 Å². The Hall–Kier alpha value is -3.07. The van der Waals surface area contributed by atoms with Crippen molar-refractivity contribution in [2.45, 2.75) is 19.4 Å². The monoisotopic (exact) mass is 365 g/mol. The molecule has 1 N–H and O–H groups in total. The molecule has 4 aromatic rings. The van der Waals surface area contributed by atoms with Crippen molar-refractivity contribution >= 4 is 22.8 Å². The molecule has 9 heteroatoms. The van der Waals surface area contributed by atoms with Gasteiger partial charge in [0.2, 0.25) is 5.01 Å². The fourth-order valence-corrected chi connectivity index (χ4v) is 4.04. The molecule has 1 aliphatic heterocycles. The lowest BCUT2D eigenvalue weighted by atomic mass is 9.99. The van der Waals surface area contributed by atoms with Gasteiger partial charge in [-0.2, -0.15) is 5.10 Å². The van der Waals surface area contributed by atoms with Gasteiger partial charge in [0.1, 0.15) is 11.0 Å². The SMILES string of the molecule is Cc1nnc(C(=O)N2CCc3[nH]cnc3C2c2cc3ccccn3n2)s1. The highest BCUT2D eigenvalue weighted by Crippen LogP contribution is 2.34. The van der Waals surface area contributed by atoms with Crippen LogP contribution in [0.3, 0.4) is 0 Å². The number of hydrogen-bond donors (Lipinski definition) is 1. The lowest BCUT2D eigenvalue weighted by molar-refractivity contribution is 0.0685. The largest absolute Gasteiger partial charge is 0.348 e. The first-order valence-corrected chi connectivity index (χ1v) is 9.10. The third-order valence-corrected chi connectivity index (χ3v) is 5.39. The van der Waals surface area contributed by atoms with E-state index < -0.39 is 0 Å². The minimum absolute atomic E-state index is 0.133. The Morgan fingerprint density at radius 2 is 2.27 bits per heavy atom. The Morgan fingerprint density at radius 1 is 1.35 bits per heavy atom. The van der Waals surface area contributed by atoms with Crippen LogP contribution in [0.5, 0.6) is 0 Å². The lowest BCUT2D eigenvalue weighted by Gasteiger charge is -2.33. The minimum Gasteiger partial charge on any atom is -0.348 e. The number of fused-ring (bicyclic) bond motifs is 2. The first kappa shape index (κ1) is 15.2. The van der Waals surface area contributed by atoms with Crippen molar-refractivity contribution in [3.8, 4) is 0 Å². The van der Waals surface area contributed by atoms with E-state index in [1.807, 2.05) is 41.9 Å². The number of carbonyl (C=O) groups excluding carboxylic acids is 1. The van der Waals surface area contributed by atoms with Gasteiger partial charge in [-0.25, -0.2) is 9.50 Å². The van der Waals surface area contributed by atoms with Crippen molar-refractivity contribution in [2.24, 2.45) is 0 Å². The van der Waals surface area contributed by atoms with E-state index in [-0.39, 0.29) is 11.9 Å². The fraction of sp³-hybridized carbons (Fsp3) is 0.235. The van der Waals surface area contributed by atoms with E-state index >= 15 is 0 Å². The second kappa shape index (κ2) is 5.73. The minimum atomic E-state index is -0.346. The number of amides is 1. The molecule has 1 aliphatic rings. The highest BCUT2D eigenvalue weighted by atomic mass is 32.1. The quantitative estimate of drug-likeness (QED) is 0.587. The summed E-state index contributed by atoms with van der Waals surface area (Å²) in [6.45, 7) is 2.42. The molecule has 0 saturated heterocycles. The maximum absolute atomic E-state index is 13.1. The molecule has 5 rings (SSSR count). The Labute approximate surface area is 152 Å². The summed E-state index contributed by atoms with van der Waals surface area (Å²) in [4.78, 5) is 22.6. The summed E-state index contributed by atoms with van der Waals surface area (Å²) in [6, 6.07) is 7.54. The molecular weight excluding hydrogens is 350 g/mol. The third kappa shape index (κ3) is 2.31. The van der Waals surface area contributed by atoms with Gasteiger partial charge in [0.15, 0.2) is 0 Å². The van der Waals surface area contributed by atoms with Gasteiger partial charge in [-0.3, -0.25) is 4.79 Å². The Bertz CT molecular complexity index is 1080. The smallest absolute Gasteiger partial charge is 0.285 e. The second-order valence-corrected chi connectivity index (χ2v) is 7.36. The third-order valence-electron chi connectivity index (χ3n) is 4.56. The summed E-state index contributed by atoms with van der Waals surface area (Å²) in [7, 11) is 0. The van der Waals surface area contributed by atoms with Crippen LogP contribution in [0.4, 0.5) is 0 Å². The van der Waals surface area contributed by atoms with Crippen LogP contribution in [0.2, 0.25) is 0 Å². The lowest BCUT2D eigenvalue weighted by Crippen LogP contribution is -2.41. The molecule has 4 aromatic heterocycles. The van der Waals surface area contributed by atoms with Gasteiger partial charge in [-0.05, 0) is 25.1 Å². The molecule has 1 atom stereocenters. The summed E-state index contributed by atoms with van der Waals surface area (Å²) in [5.74, 6) is -0.133. The number of hydrogen-bond acceptors (Lipinski definition) is 6. The molecule has 8 nitrogen and oxygen atoms in total. The molecule has 0 aromatic carbocycles. The van der Waals surface area contributed by atoms with Gasteiger partial charge < -0.3 is 9.88 Å². The van der Waals surface area contributed by atoms with E-state index in [1.54, 1.807) is 11.2 Å². The van der Waals surface area contributed by atoms with Crippen LogP contribution >= 0.6 is 11.3 Å². The van der Waals surface area contributed by atoms with Gasteiger partial charge >= 0.3 is 0 Å². The summed E-state index contributed by atoms with van der Waals surface area (Å²) in [5, 5.41) is 13.9. The van der Waals surface area contributed by atoms with Crippen molar-refractivity contribution in [2.75, 3.05) is 6.54 Å². The first-order chi connectivity index (χ1) is 12.7. The molecular formula is C17H15N7OS. The van der Waals surface area contributed by atoms with Crippen molar-refractivity contribution in [3.05, 3.63) is 63.9 Å². The molecule has 1 amide bonds. The highest BCUT2D eigenvalue weighted by Gasteiger charge is 2.37. The van der Waals surface area contributed by atoms with Crippen molar-refractivity contribution < 1.29 is 4.79 Å². The number of nitrogens with zero attached hydrogens (tertiary/aromatic N) is 6. The molecule has 1 unspecified atom stereocenters. The van der Waals surface area contributed by atoms with Gasteiger partial charge in [0, 0.05) is 24.9 Å². The number of carbonyl (C=O) groups is 1. The van der Waals surface area contributed by atoms with Gasteiger partial charge in [-0.1, -0.05) is 17.4 Å². The highest BCUT2D eigenvalue weighted by molar-refractivity contribution is 7.13. The fourth-order valence-electron chi connectivity index (χ4n) is 3.39. The Morgan fingerprint density at radius 3 is 3.08 bits per heavy atom. The zero-order valence-corrected chi connectivity index (χ0v) is 14.8. The molecule has 0 radical (unpaired) electrons. The normalized spacial score (nSPS) is 16.8. The number of imidazole rings is 1. The number of nitrogens with one attached hydrogen (secondary N) is 1. The van der Waals surface area contributed by atoms with Gasteiger partial charge in [0.05, 0.1) is 23.2 Å². The molecule has 130 valence electrons. The first-order valence-electron chi connectivity index (χ1n) is 8.28. The average molecular weight is 365 g/mol. The second-order valence-electron chi connectivity index (χ2n) is 6.18. The van der Waals surface area contributed by atoms with Crippen molar-refractivity contribution in [3.63, 3.8) is 0 Å². The van der Waals surface area contributed by atoms with Gasteiger partial charge in [-0.15, -0.1) is 10.2 Å². The van der Waals surface area contributed by atoms with E-state index in [2.05, 4.69) is 25.3 Å². The van der Waals surface area contributed by atoms with Gasteiger partial charge in [0.25, 0.3) is 5.91 Å². The van der Waals surface area contributed by atoms with E-state index in [1.165, 1.54) is 11.3 Å². The Balaban J connectivity index is 1.63. The summed E-state index contributed by atoms with van der Waals surface area (Å²) < 4.78 is 1.81. The number of H-pyrrole nitrogens is 1. The van der Waals surface area contributed by atoms with Crippen LogP contribution in [0.25, 0.3) is 5.52 Å². The molecule has 0 bridgehead atoms. The van der Waals surface area contributed by atoms with E-state index in [0.717, 1.165) is 34.0 Å². The standard InChI is InChI=1S/C17H15N7OS/c1-10-20-21-16(26-10)17(25)23-7-5-12-14(19-9-18-12)15(23)13-8-11-4-2-3-6-24(11)22-13/h2-4,6,8-9,15H,5,7H2,1H3,(H,18,19). The average Bonchev–Trinajstić information content (AvgIpc) is 3.38. The molecule has 0 fully saturated rings. The number of aromatic amines is 1. The summed E-state index contributed by atoms with van der Waals surface area (Å²) >= 11 is 1.31. The van der Waals surface area contributed by atoms with E-state index in [0.29, 0.717) is 11.6 Å². The Kier molecular flexibility index (Phi) is 3.35. The van der Waals surface area contributed by atoms with E-state index in [4.69, 9.17) is 0 Å². The topological polar surface area (TPSA) is 92.1 Å². The molecule has 0 spiro atoms. The molecule has 26 heavy (non-hydrogen) atoms. The molecule has 0 saturated carbocycles. The maximum Gasteiger partial charge on any atom is 0.285 e. The maximum atomic E-state index is 13.1. The van der Waals surface area contributed by atoms with Crippen molar-refractivity contribution in [1.29, 1.82) is 0 Å². The van der Waals surface area contributed by atoms with Crippen LogP contribution in [0.15, 0.2) is 36.8 Å². The molecule has 0 aliphatic carbocycles. The van der Waals surface area contributed by atoms with Crippen molar-refractivity contribution in [1.82, 2.24) is 34.7 Å². The number of aromatic nitrogens is 6. The van der Waals surface area contributed by atoms with Crippen LogP contribution in [0, 0.1) is 6.92 Å². The zero-order chi connectivity index (χ0) is 17.7. The summed E-state index contributed by atoms with van der Waals surface area (Å²) in [6.07, 6.45) is 4.30. The number of pyridine rings is 1. The molecule has 5 heterocycles. The number of aryl methyl sites for hydroxylation is 1. The van der Waals surface area contributed by atoms with Crippen LogP contribution in [-0.2, 0) is 6.42 Å². The predicted octanol–water partition coefficient (Wildman–Crippen LogP) is 2.01. The van der Waals surface area contributed by atoms with Crippen LogP contribution in [-0.4, -0.2) is 47.1 Å². The predicted molar refractivity (Wildman–Crippen MR) is 95.0 cm³/mol. The number of rotatable bonds is 2. The van der Waals surface area contributed by atoms with Crippen LogP contribution < -0.4 is 0 Å². The zero-order valence-electron chi connectivity index (χ0n) is 14.0. The summed E-state index contributed by atoms with van der Waals surface area (Å²) in [5.41, 5.74) is 3.65. The van der Waals surface area contributed by atoms with Crippen LogP contribution in [0.1, 0.15) is 37.9 Å².